The second-order valence-corrected chi connectivity index (χ2v) is 7.12. The molecule has 0 aliphatic heterocycles. The Labute approximate surface area is 115 Å². The van der Waals surface area contributed by atoms with Crippen LogP contribution in [0.25, 0.3) is 0 Å². The van der Waals surface area contributed by atoms with Crippen LogP contribution >= 0.6 is 0 Å². The molecule has 1 saturated carbocycles. The molecule has 0 bridgehead atoms. The molecule has 1 aromatic rings. The van der Waals surface area contributed by atoms with Crippen LogP contribution in [0.2, 0.25) is 0 Å². The molecule has 2 heteroatoms. The quantitative estimate of drug-likeness (QED) is 0.887. The van der Waals surface area contributed by atoms with E-state index in [0.29, 0.717) is 12.3 Å². The molecule has 1 unspecified atom stereocenters. The van der Waals surface area contributed by atoms with E-state index in [4.69, 9.17) is 0 Å². The van der Waals surface area contributed by atoms with Crippen LogP contribution in [-0.4, -0.2) is 11.1 Å². The highest BCUT2D eigenvalue weighted by Gasteiger charge is 2.47. The second kappa shape index (κ2) is 4.66. The van der Waals surface area contributed by atoms with Crippen LogP contribution in [0, 0.1) is 11.3 Å². The molecule has 2 nitrogen and oxygen atoms in total. The Balaban J connectivity index is 2.17. The normalized spacial score (nSPS) is 18.9. The maximum atomic E-state index is 11.5. The molecule has 0 spiro atoms. The third-order valence-electron chi connectivity index (χ3n) is 4.36. The smallest absolute Gasteiger partial charge is 0.309 e. The van der Waals surface area contributed by atoms with Gasteiger partial charge in [0.05, 0.1) is 5.41 Å². The first-order valence-corrected chi connectivity index (χ1v) is 7.06. The number of rotatable bonds is 4. The third kappa shape index (κ3) is 2.99. The highest BCUT2D eigenvalue weighted by molar-refractivity contribution is 5.75. The Morgan fingerprint density at radius 1 is 1.16 bits per heavy atom. The molecular formula is C17H24O2. The van der Waals surface area contributed by atoms with Gasteiger partial charge in [-0.1, -0.05) is 45.0 Å². The fourth-order valence-electron chi connectivity index (χ4n) is 2.66. The van der Waals surface area contributed by atoms with Gasteiger partial charge in [-0.2, -0.15) is 0 Å². The molecule has 1 fully saturated rings. The third-order valence-corrected chi connectivity index (χ3v) is 4.36. The summed E-state index contributed by atoms with van der Waals surface area (Å²) >= 11 is 0. The molecule has 0 radical (unpaired) electrons. The van der Waals surface area contributed by atoms with Crippen LogP contribution in [0.1, 0.15) is 51.7 Å². The lowest BCUT2D eigenvalue weighted by Crippen LogP contribution is -2.32. The minimum absolute atomic E-state index is 0.144. The summed E-state index contributed by atoms with van der Waals surface area (Å²) in [6.07, 6.45) is 2.75. The largest absolute Gasteiger partial charge is 0.481 e. The molecular weight excluding hydrogens is 236 g/mol. The topological polar surface area (TPSA) is 37.3 Å². The summed E-state index contributed by atoms with van der Waals surface area (Å²) in [5.41, 5.74) is 1.97. The summed E-state index contributed by atoms with van der Waals surface area (Å²) in [6, 6.07) is 8.43. The maximum absolute atomic E-state index is 11.5. The van der Waals surface area contributed by atoms with Gasteiger partial charge >= 0.3 is 5.97 Å². The van der Waals surface area contributed by atoms with Crippen molar-refractivity contribution in [3.8, 4) is 0 Å². The monoisotopic (exact) mass is 260 g/mol. The number of hydrogen-bond acceptors (Lipinski definition) is 1. The summed E-state index contributed by atoms with van der Waals surface area (Å²) < 4.78 is 0. The van der Waals surface area contributed by atoms with Gasteiger partial charge < -0.3 is 5.11 Å². The van der Waals surface area contributed by atoms with Crippen molar-refractivity contribution in [1.29, 1.82) is 0 Å². The van der Waals surface area contributed by atoms with Crippen LogP contribution in [0.4, 0.5) is 0 Å². The zero-order valence-corrected chi connectivity index (χ0v) is 12.4. The summed E-state index contributed by atoms with van der Waals surface area (Å²) in [7, 11) is 0. The predicted octanol–water partition coefficient (Wildman–Crippen LogP) is 4.03. The number of hydrogen-bond donors (Lipinski definition) is 1. The molecule has 0 heterocycles. The van der Waals surface area contributed by atoms with Crippen molar-refractivity contribution in [2.24, 2.45) is 11.3 Å². The van der Waals surface area contributed by atoms with Crippen LogP contribution < -0.4 is 0 Å². The molecule has 1 N–H and O–H groups in total. The second-order valence-electron chi connectivity index (χ2n) is 7.12. The lowest BCUT2D eigenvalue weighted by molar-refractivity contribution is -0.149. The number of carbonyl (C=O) groups is 1. The van der Waals surface area contributed by atoms with Gasteiger partial charge in [0.2, 0.25) is 0 Å². The van der Waals surface area contributed by atoms with E-state index in [0.717, 1.165) is 18.4 Å². The Kier molecular flexibility index (Phi) is 3.46. The van der Waals surface area contributed by atoms with Crippen molar-refractivity contribution in [2.45, 2.75) is 52.4 Å². The average Bonchev–Trinajstić information content (AvgIpc) is 3.12. The van der Waals surface area contributed by atoms with E-state index in [-0.39, 0.29) is 5.41 Å². The number of aliphatic carboxylic acids is 1. The molecule has 1 aliphatic rings. The van der Waals surface area contributed by atoms with Crippen LogP contribution in [0.3, 0.4) is 0 Å². The fraction of sp³-hybridized carbons (Fsp3) is 0.588. The molecule has 1 atom stereocenters. The first-order valence-electron chi connectivity index (χ1n) is 7.06. The highest BCUT2D eigenvalue weighted by atomic mass is 16.4. The Morgan fingerprint density at radius 3 is 2.05 bits per heavy atom. The van der Waals surface area contributed by atoms with E-state index in [9.17, 15) is 9.90 Å². The van der Waals surface area contributed by atoms with Crippen molar-refractivity contribution >= 4 is 5.97 Å². The SMILES string of the molecule is CC(C)(C)c1ccc(CC(C)(C(=O)O)C2CC2)cc1. The molecule has 1 aliphatic carbocycles. The van der Waals surface area contributed by atoms with Gasteiger partial charge in [0.15, 0.2) is 0 Å². The van der Waals surface area contributed by atoms with Crippen molar-refractivity contribution < 1.29 is 9.90 Å². The van der Waals surface area contributed by atoms with E-state index in [2.05, 4.69) is 45.0 Å². The van der Waals surface area contributed by atoms with Gasteiger partial charge in [-0.3, -0.25) is 4.79 Å². The Hall–Kier alpha value is -1.31. The van der Waals surface area contributed by atoms with Crippen molar-refractivity contribution in [3.63, 3.8) is 0 Å². The van der Waals surface area contributed by atoms with Gasteiger partial charge in [0.1, 0.15) is 0 Å². The van der Waals surface area contributed by atoms with Crippen LogP contribution in [0.15, 0.2) is 24.3 Å². The first kappa shape index (κ1) is 14.1. The lowest BCUT2D eigenvalue weighted by atomic mass is 9.78. The van der Waals surface area contributed by atoms with Gasteiger partial charge in [0, 0.05) is 0 Å². The molecule has 0 amide bonds. The van der Waals surface area contributed by atoms with Gasteiger partial charge in [-0.25, -0.2) is 0 Å². The maximum Gasteiger partial charge on any atom is 0.309 e. The van der Waals surface area contributed by atoms with Crippen molar-refractivity contribution in [1.82, 2.24) is 0 Å². The van der Waals surface area contributed by atoms with E-state index in [1.807, 2.05) is 6.92 Å². The van der Waals surface area contributed by atoms with Gasteiger partial charge in [0.25, 0.3) is 0 Å². The minimum atomic E-state index is -0.658. The Morgan fingerprint density at radius 2 is 1.68 bits per heavy atom. The molecule has 1 aromatic carbocycles. The number of carboxylic acid groups (broad SMARTS) is 1. The first-order chi connectivity index (χ1) is 8.73. The van der Waals surface area contributed by atoms with Crippen LogP contribution in [-0.2, 0) is 16.6 Å². The molecule has 0 saturated heterocycles. The van der Waals surface area contributed by atoms with Crippen LogP contribution in [0.5, 0.6) is 0 Å². The lowest BCUT2D eigenvalue weighted by Gasteiger charge is -2.25. The summed E-state index contributed by atoms with van der Waals surface area (Å²) in [4.78, 5) is 11.5. The Bertz CT molecular complexity index is 463. The molecule has 2 rings (SSSR count). The van der Waals surface area contributed by atoms with Crippen molar-refractivity contribution in [2.75, 3.05) is 0 Å². The minimum Gasteiger partial charge on any atom is -0.481 e. The highest BCUT2D eigenvalue weighted by Crippen LogP contribution is 2.47. The zero-order chi connectivity index (χ0) is 14.3. The molecule has 104 valence electrons. The standard InChI is InChI=1S/C17H24O2/c1-16(2,3)13-7-5-12(6-8-13)11-17(4,15(18)19)14-9-10-14/h5-8,14H,9-11H2,1-4H3,(H,18,19). The summed E-state index contributed by atoms with van der Waals surface area (Å²) in [5.74, 6) is -0.304. The van der Waals surface area contributed by atoms with Gasteiger partial charge in [-0.15, -0.1) is 0 Å². The molecule has 19 heavy (non-hydrogen) atoms. The fourth-order valence-corrected chi connectivity index (χ4v) is 2.66. The average molecular weight is 260 g/mol. The predicted molar refractivity (Wildman–Crippen MR) is 77.3 cm³/mol. The summed E-state index contributed by atoms with van der Waals surface area (Å²) in [5, 5.41) is 9.49. The number of benzene rings is 1. The van der Waals surface area contributed by atoms with Gasteiger partial charge in [-0.05, 0) is 48.6 Å². The van der Waals surface area contributed by atoms with E-state index >= 15 is 0 Å². The zero-order valence-electron chi connectivity index (χ0n) is 12.4. The number of carboxylic acids is 1. The summed E-state index contributed by atoms with van der Waals surface area (Å²) in [6.45, 7) is 8.46. The van der Waals surface area contributed by atoms with E-state index in [1.54, 1.807) is 0 Å². The molecule has 0 aromatic heterocycles. The van der Waals surface area contributed by atoms with Crippen molar-refractivity contribution in [3.05, 3.63) is 35.4 Å². The van der Waals surface area contributed by atoms with E-state index in [1.165, 1.54) is 5.56 Å². The van der Waals surface area contributed by atoms with E-state index < -0.39 is 11.4 Å².